The molecule has 0 N–H and O–H groups in total. The first-order valence-electron chi connectivity index (χ1n) is 9.39. The van der Waals surface area contributed by atoms with Gasteiger partial charge in [-0.1, -0.05) is 32.0 Å². The highest BCUT2D eigenvalue weighted by molar-refractivity contribution is 7.07. The van der Waals surface area contributed by atoms with Crippen molar-refractivity contribution < 1.29 is 9.18 Å². The number of fused-ring (bicyclic) bond motifs is 1. The molecule has 1 amide bonds. The molecule has 0 saturated heterocycles. The zero-order valence-electron chi connectivity index (χ0n) is 16.5. The van der Waals surface area contributed by atoms with Crippen LogP contribution in [0, 0.1) is 11.7 Å². The number of amides is 1. The highest BCUT2D eigenvalue weighted by atomic mass is 32.1. The van der Waals surface area contributed by atoms with Crippen molar-refractivity contribution in [2.24, 2.45) is 16.0 Å². The summed E-state index contributed by atoms with van der Waals surface area (Å²) in [6, 6.07) is 13.9. The van der Waals surface area contributed by atoms with Crippen molar-refractivity contribution in [3.05, 3.63) is 70.1 Å². The van der Waals surface area contributed by atoms with E-state index in [-0.39, 0.29) is 11.7 Å². The van der Waals surface area contributed by atoms with Gasteiger partial charge < -0.3 is 4.90 Å². The second-order valence-electron chi connectivity index (χ2n) is 7.22. The van der Waals surface area contributed by atoms with Gasteiger partial charge in [0.15, 0.2) is 5.71 Å². The SMILES string of the molecule is CN=c1scc(-c2ccc(F)cc2)n1N=C1C(=O)N(CC(C)C)c2ccccc21. The average Bonchev–Trinajstić information content (AvgIpc) is 3.23. The van der Waals surface area contributed by atoms with Crippen molar-refractivity contribution in [1.29, 1.82) is 0 Å². The number of anilines is 1. The minimum atomic E-state index is -0.300. The quantitative estimate of drug-likeness (QED) is 0.640. The molecule has 0 spiro atoms. The molecule has 0 bridgehead atoms. The molecule has 1 aliphatic heterocycles. The lowest BCUT2D eigenvalue weighted by molar-refractivity contribution is -0.112. The van der Waals surface area contributed by atoms with Crippen LogP contribution in [-0.2, 0) is 4.79 Å². The summed E-state index contributed by atoms with van der Waals surface area (Å²) in [7, 11) is 1.69. The van der Waals surface area contributed by atoms with Crippen LogP contribution in [0.15, 0.2) is 64.0 Å². The van der Waals surface area contributed by atoms with Gasteiger partial charge in [-0.2, -0.15) is 5.10 Å². The summed E-state index contributed by atoms with van der Waals surface area (Å²) in [5.41, 5.74) is 3.64. The summed E-state index contributed by atoms with van der Waals surface area (Å²) in [4.78, 5) is 20.0. The zero-order valence-corrected chi connectivity index (χ0v) is 17.3. The predicted molar refractivity (Wildman–Crippen MR) is 115 cm³/mol. The number of para-hydroxylation sites is 1. The normalized spacial score (nSPS) is 15.6. The van der Waals surface area contributed by atoms with Crippen molar-refractivity contribution >= 4 is 28.6 Å². The van der Waals surface area contributed by atoms with E-state index in [0.29, 0.717) is 23.0 Å². The zero-order chi connectivity index (χ0) is 20.5. The van der Waals surface area contributed by atoms with Crippen molar-refractivity contribution in [3.8, 4) is 11.3 Å². The summed E-state index contributed by atoms with van der Waals surface area (Å²) >= 11 is 1.42. The van der Waals surface area contributed by atoms with Gasteiger partial charge in [0.05, 0.1) is 11.4 Å². The third-order valence-corrected chi connectivity index (χ3v) is 5.57. The van der Waals surface area contributed by atoms with Gasteiger partial charge in [-0.3, -0.25) is 9.79 Å². The second-order valence-corrected chi connectivity index (χ2v) is 8.06. The summed E-state index contributed by atoms with van der Waals surface area (Å²) in [6.45, 7) is 4.79. The van der Waals surface area contributed by atoms with Gasteiger partial charge in [0.1, 0.15) is 5.82 Å². The Hall–Kier alpha value is -3.06. The van der Waals surface area contributed by atoms with E-state index >= 15 is 0 Å². The maximum atomic E-state index is 13.4. The molecule has 0 unspecified atom stereocenters. The fourth-order valence-corrected chi connectivity index (χ4v) is 4.17. The molecule has 0 saturated carbocycles. The standard InChI is InChI=1S/C22H21FN4OS/c1-14(2)12-26-18-7-5-4-6-17(18)20(21(26)28)25-27-19(13-29-22(27)24-3)15-8-10-16(23)11-9-15/h4-11,13-14H,12H2,1-3H3. The van der Waals surface area contributed by atoms with E-state index in [2.05, 4.69) is 18.8 Å². The summed E-state index contributed by atoms with van der Waals surface area (Å²) < 4.78 is 15.0. The molecule has 7 heteroatoms. The monoisotopic (exact) mass is 408 g/mol. The lowest BCUT2D eigenvalue weighted by Gasteiger charge is -2.18. The third kappa shape index (κ3) is 3.53. The lowest BCUT2D eigenvalue weighted by Crippen LogP contribution is -2.33. The summed E-state index contributed by atoms with van der Waals surface area (Å²) in [6.07, 6.45) is 0. The Labute approximate surface area is 172 Å². The summed E-state index contributed by atoms with van der Waals surface area (Å²) in [5, 5.41) is 6.65. The smallest absolute Gasteiger partial charge is 0.279 e. The highest BCUT2D eigenvalue weighted by Crippen LogP contribution is 2.30. The number of hydrogen-bond donors (Lipinski definition) is 0. The van der Waals surface area contributed by atoms with Crippen LogP contribution in [0.2, 0.25) is 0 Å². The maximum Gasteiger partial charge on any atom is 0.279 e. The van der Waals surface area contributed by atoms with E-state index in [9.17, 15) is 9.18 Å². The lowest BCUT2D eigenvalue weighted by atomic mass is 10.1. The molecule has 1 aromatic heterocycles. The van der Waals surface area contributed by atoms with Crippen LogP contribution in [0.5, 0.6) is 0 Å². The molecule has 2 aromatic carbocycles. The van der Waals surface area contributed by atoms with Gasteiger partial charge in [-0.25, -0.2) is 9.07 Å². The molecular formula is C22H21FN4OS. The van der Waals surface area contributed by atoms with Gasteiger partial charge >= 0.3 is 0 Å². The van der Waals surface area contributed by atoms with Crippen LogP contribution >= 0.6 is 11.3 Å². The molecule has 5 nitrogen and oxygen atoms in total. The van der Waals surface area contributed by atoms with Gasteiger partial charge in [-0.05, 0) is 36.2 Å². The number of aromatic nitrogens is 1. The van der Waals surface area contributed by atoms with Crippen LogP contribution in [0.1, 0.15) is 19.4 Å². The second kappa shape index (κ2) is 7.75. The predicted octanol–water partition coefficient (Wildman–Crippen LogP) is 4.14. The maximum absolute atomic E-state index is 13.4. The van der Waals surface area contributed by atoms with E-state index in [0.717, 1.165) is 22.5 Å². The fourth-order valence-electron chi connectivity index (χ4n) is 3.37. The fraction of sp³-hybridized carbons (Fsp3) is 0.227. The van der Waals surface area contributed by atoms with Crippen LogP contribution in [-0.4, -0.2) is 29.9 Å². The number of thiazole rings is 1. The van der Waals surface area contributed by atoms with E-state index in [1.807, 2.05) is 29.6 Å². The molecule has 0 radical (unpaired) electrons. The Morgan fingerprint density at radius 2 is 1.83 bits per heavy atom. The Morgan fingerprint density at radius 3 is 2.52 bits per heavy atom. The number of carbonyl (C=O) groups excluding carboxylic acids is 1. The van der Waals surface area contributed by atoms with Gasteiger partial charge in [0.2, 0.25) is 4.80 Å². The van der Waals surface area contributed by atoms with Crippen LogP contribution in [0.3, 0.4) is 0 Å². The third-order valence-electron chi connectivity index (χ3n) is 4.66. The highest BCUT2D eigenvalue weighted by Gasteiger charge is 2.34. The van der Waals surface area contributed by atoms with Crippen molar-refractivity contribution in [1.82, 2.24) is 4.68 Å². The van der Waals surface area contributed by atoms with Gasteiger partial charge in [0.25, 0.3) is 5.91 Å². The van der Waals surface area contributed by atoms with E-state index in [1.54, 1.807) is 28.8 Å². The van der Waals surface area contributed by atoms with Gasteiger partial charge in [0, 0.05) is 30.1 Å². The van der Waals surface area contributed by atoms with Crippen LogP contribution in [0.4, 0.5) is 10.1 Å². The molecule has 148 valence electrons. The molecule has 2 heterocycles. The number of halogens is 1. The van der Waals surface area contributed by atoms with Crippen LogP contribution < -0.4 is 9.70 Å². The van der Waals surface area contributed by atoms with Crippen molar-refractivity contribution in [2.45, 2.75) is 13.8 Å². The average molecular weight is 409 g/mol. The molecule has 0 fully saturated rings. The van der Waals surface area contributed by atoms with E-state index in [1.165, 1.54) is 23.5 Å². The number of rotatable bonds is 4. The number of nitrogens with zero attached hydrogens (tertiary/aromatic N) is 4. The minimum Gasteiger partial charge on any atom is -0.306 e. The van der Waals surface area contributed by atoms with Gasteiger partial charge in [-0.15, -0.1) is 11.3 Å². The van der Waals surface area contributed by atoms with E-state index < -0.39 is 0 Å². The first-order valence-corrected chi connectivity index (χ1v) is 10.3. The topological polar surface area (TPSA) is 50.0 Å². The van der Waals surface area contributed by atoms with Crippen molar-refractivity contribution in [3.63, 3.8) is 0 Å². The largest absolute Gasteiger partial charge is 0.306 e. The molecule has 4 rings (SSSR count). The first-order chi connectivity index (χ1) is 14.0. The molecule has 1 aliphatic rings. The van der Waals surface area contributed by atoms with Crippen LogP contribution in [0.25, 0.3) is 11.3 Å². The summed E-state index contributed by atoms with van der Waals surface area (Å²) in [5.74, 6) is -0.0895. The molecular weight excluding hydrogens is 387 g/mol. The number of benzene rings is 2. The molecule has 29 heavy (non-hydrogen) atoms. The Balaban J connectivity index is 1.88. The molecule has 3 aromatic rings. The Bertz CT molecular complexity index is 1160. The minimum absolute atomic E-state index is 0.120. The molecule has 0 atom stereocenters. The first kappa shape index (κ1) is 19.3. The molecule has 0 aliphatic carbocycles. The Morgan fingerprint density at radius 1 is 1.10 bits per heavy atom. The number of carbonyl (C=O) groups is 1. The van der Waals surface area contributed by atoms with E-state index in [4.69, 9.17) is 5.10 Å². The Kier molecular flexibility index (Phi) is 5.15. The number of hydrogen-bond acceptors (Lipinski definition) is 4. The van der Waals surface area contributed by atoms with Crippen molar-refractivity contribution in [2.75, 3.05) is 18.5 Å².